The Morgan fingerprint density at radius 3 is 2.69 bits per heavy atom. The minimum Gasteiger partial charge on any atom is -0.465 e. The standard InChI is InChI=1S/C16H16N4O4S2/c1-4-24-10(21)8-26-14-11-13(19(2)16(23)20(3)15(11)22)17-12(18-14)9-6-5-7-25-9/h5-7H,4,8H2,1-3H3. The summed E-state index contributed by atoms with van der Waals surface area (Å²) in [6, 6.07) is 3.72. The van der Waals surface area contributed by atoms with Crippen molar-refractivity contribution in [2.45, 2.75) is 11.9 Å². The molecule has 0 aliphatic heterocycles. The number of thiophene rings is 1. The molecule has 0 unspecified atom stereocenters. The van der Waals surface area contributed by atoms with E-state index >= 15 is 0 Å². The van der Waals surface area contributed by atoms with Gasteiger partial charge in [-0.05, 0) is 18.4 Å². The predicted molar refractivity (Wildman–Crippen MR) is 101 cm³/mol. The fourth-order valence-electron chi connectivity index (χ4n) is 2.38. The third kappa shape index (κ3) is 3.29. The van der Waals surface area contributed by atoms with Gasteiger partial charge in [0.05, 0.1) is 17.2 Å². The Kier molecular flexibility index (Phi) is 5.23. The van der Waals surface area contributed by atoms with Gasteiger partial charge in [-0.15, -0.1) is 11.3 Å². The fraction of sp³-hybridized carbons (Fsp3) is 0.312. The molecule has 3 rings (SSSR count). The monoisotopic (exact) mass is 392 g/mol. The molecule has 0 fully saturated rings. The van der Waals surface area contributed by atoms with E-state index in [1.165, 1.54) is 23.0 Å². The summed E-state index contributed by atoms with van der Waals surface area (Å²) >= 11 is 2.54. The van der Waals surface area contributed by atoms with Crippen LogP contribution in [0.1, 0.15) is 6.92 Å². The molecule has 3 aromatic heterocycles. The van der Waals surface area contributed by atoms with Crippen molar-refractivity contribution in [3.05, 3.63) is 38.4 Å². The lowest BCUT2D eigenvalue weighted by atomic mass is 10.3. The van der Waals surface area contributed by atoms with Crippen molar-refractivity contribution in [3.8, 4) is 10.7 Å². The van der Waals surface area contributed by atoms with E-state index in [1.807, 2.05) is 17.5 Å². The lowest BCUT2D eigenvalue weighted by Gasteiger charge is -2.11. The van der Waals surface area contributed by atoms with E-state index in [0.717, 1.165) is 21.2 Å². The van der Waals surface area contributed by atoms with Crippen LogP contribution in [-0.4, -0.2) is 37.4 Å². The highest BCUT2D eigenvalue weighted by molar-refractivity contribution is 8.00. The average Bonchev–Trinajstić information content (AvgIpc) is 3.17. The number of carbonyl (C=O) groups excluding carboxylic acids is 1. The molecule has 0 aliphatic rings. The molecule has 0 bridgehead atoms. The Morgan fingerprint density at radius 1 is 1.27 bits per heavy atom. The second kappa shape index (κ2) is 7.42. The molecule has 0 amide bonds. The van der Waals surface area contributed by atoms with Gasteiger partial charge in [0.15, 0.2) is 11.5 Å². The first-order valence-corrected chi connectivity index (χ1v) is 9.60. The highest BCUT2D eigenvalue weighted by Crippen LogP contribution is 2.28. The van der Waals surface area contributed by atoms with Crippen LogP contribution in [0.25, 0.3) is 21.7 Å². The number of hydrogen-bond donors (Lipinski definition) is 0. The van der Waals surface area contributed by atoms with Gasteiger partial charge in [0.2, 0.25) is 0 Å². The number of carbonyl (C=O) groups is 1. The summed E-state index contributed by atoms with van der Waals surface area (Å²) in [5.41, 5.74) is -0.727. The van der Waals surface area contributed by atoms with Crippen LogP contribution in [0.2, 0.25) is 0 Å². The number of esters is 1. The molecule has 0 atom stereocenters. The predicted octanol–water partition coefficient (Wildman–Crippen LogP) is 1.41. The van der Waals surface area contributed by atoms with E-state index < -0.39 is 17.2 Å². The first-order valence-electron chi connectivity index (χ1n) is 7.74. The van der Waals surface area contributed by atoms with E-state index in [0.29, 0.717) is 10.9 Å². The molecule has 0 radical (unpaired) electrons. The van der Waals surface area contributed by atoms with Gasteiger partial charge >= 0.3 is 11.7 Å². The van der Waals surface area contributed by atoms with Crippen LogP contribution in [0.15, 0.2) is 32.1 Å². The lowest BCUT2D eigenvalue weighted by molar-refractivity contribution is -0.139. The molecule has 26 heavy (non-hydrogen) atoms. The number of rotatable bonds is 5. The zero-order valence-corrected chi connectivity index (χ0v) is 16.0. The van der Waals surface area contributed by atoms with E-state index in [1.54, 1.807) is 14.0 Å². The number of ether oxygens (including phenoxy) is 1. The van der Waals surface area contributed by atoms with Crippen LogP contribution in [0, 0.1) is 0 Å². The Hall–Kier alpha value is -2.46. The molecule has 0 aromatic carbocycles. The average molecular weight is 392 g/mol. The van der Waals surface area contributed by atoms with Gasteiger partial charge < -0.3 is 4.74 Å². The fourth-order valence-corrected chi connectivity index (χ4v) is 3.85. The highest BCUT2D eigenvalue weighted by atomic mass is 32.2. The van der Waals surface area contributed by atoms with Crippen molar-refractivity contribution in [1.82, 2.24) is 19.1 Å². The second-order valence-corrected chi connectivity index (χ2v) is 7.24. The van der Waals surface area contributed by atoms with Crippen molar-refractivity contribution in [1.29, 1.82) is 0 Å². The minimum atomic E-state index is -0.493. The minimum absolute atomic E-state index is 0.00975. The van der Waals surface area contributed by atoms with Gasteiger partial charge in [-0.3, -0.25) is 18.7 Å². The topological polar surface area (TPSA) is 96.1 Å². The van der Waals surface area contributed by atoms with E-state index in [2.05, 4.69) is 9.97 Å². The van der Waals surface area contributed by atoms with Crippen molar-refractivity contribution >= 4 is 40.1 Å². The third-order valence-electron chi connectivity index (χ3n) is 3.64. The van der Waals surface area contributed by atoms with E-state index in [9.17, 15) is 14.4 Å². The summed E-state index contributed by atoms with van der Waals surface area (Å²) in [6.45, 7) is 2.00. The van der Waals surface area contributed by atoms with Crippen LogP contribution in [0.5, 0.6) is 0 Å². The maximum absolute atomic E-state index is 12.6. The molecule has 0 spiro atoms. The Bertz CT molecular complexity index is 1090. The summed E-state index contributed by atoms with van der Waals surface area (Å²) in [4.78, 5) is 46.3. The zero-order valence-electron chi connectivity index (χ0n) is 14.4. The first-order chi connectivity index (χ1) is 12.4. The summed E-state index contributed by atoms with van der Waals surface area (Å²) in [5, 5.41) is 2.45. The maximum atomic E-state index is 12.6. The third-order valence-corrected chi connectivity index (χ3v) is 5.46. The number of nitrogens with zero attached hydrogens (tertiary/aromatic N) is 4. The molecule has 8 nitrogen and oxygen atoms in total. The normalized spacial score (nSPS) is 11.0. The van der Waals surface area contributed by atoms with Gasteiger partial charge in [0, 0.05) is 14.1 Å². The molecule has 136 valence electrons. The Balaban J connectivity index is 2.24. The number of hydrogen-bond acceptors (Lipinski definition) is 8. The first kappa shape index (κ1) is 18.3. The molecule has 0 aliphatic carbocycles. The molecule has 0 N–H and O–H groups in total. The number of aryl methyl sites for hydroxylation is 1. The van der Waals surface area contributed by atoms with Crippen molar-refractivity contribution in [3.63, 3.8) is 0 Å². The Labute approximate surface area is 156 Å². The van der Waals surface area contributed by atoms with Gasteiger partial charge in [-0.2, -0.15) is 0 Å². The molecule has 3 heterocycles. The summed E-state index contributed by atoms with van der Waals surface area (Å²) in [5.74, 6) is 0.0150. The van der Waals surface area contributed by atoms with Crippen molar-refractivity contribution < 1.29 is 9.53 Å². The quantitative estimate of drug-likeness (QED) is 0.368. The van der Waals surface area contributed by atoms with Crippen LogP contribution in [0.4, 0.5) is 0 Å². The summed E-state index contributed by atoms with van der Waals surface area (Å²) in [7, 11) is 2.95. The van der Waals surface area contributed by atoms with Crippen molar-refractivity contribution in [2.75, 3.05) is 12.4 Å². The van der Waals surface area contributed by atoms with Crippen LogP contribution < -0.4 is 11.2 Å². The van der Waals surface area contributed by atoms with Gasteiger partial charge in [-0.25, -0.2) is 14.8 Å². The Morgan fingerprint density at radius 2 is 2.04 bits per heavy atom. The smallest absolute Gasteiger partial charge is 0.332 e. The second-order valence-electron chi connectivity index (χ2n) is 5.33. The molecule has 3 aromatic rings. The van der Waals surface area contributed by atoms with Crippen LogP contribution in [0.3, 0.4) is 0 Å². The molecular weight excluding hydrogens is 376 g/mol. The van der Waals surface area contributed by atoms with Gasteiger partial charge in [-0.1, -0.05) is 17.8 Å². The van der Waals surface area contributed by atoms with Gasteiger partial charge in [0.1, 0.15) is 10.4 Å². The van der Waals surface area contributed by atoms with Crippen molar-refractivity contribution in [2.24, 2.45) is 14.1 Å². The van der Waals surface area contributed by atoms with E-state index in [4.69, 9.17) is 4.74 Å². The van der Waals surface area contributed by atoms with Crippen LogP contribution >= 0.6 is 23.1 Å². The number of aromatic nitrogens is 4. The van der Waals surface area contributed by atoms with E-state index in [-0.39, 0.29) is 23.4 Å². The SMILES string of the molecule is CCOC(=O)CSc1nc(-c2cccs2)nc2c1c(=O)n(C)c(=O)n2C. The lowest BCUT2D eigenvalue weighted by Crippen LogP contribution is -2.37. The molecule has 0 saturated carbocycles. The highest BCUT2D eigenvalue weighted by Gasteiger charge is 2.19. The van der Waals surface area contributed by atoms with Crippen LogP contribution in [-0.2, 0) is 23.6 Å². The largest absolute Gasteiger partial charge is 0.465 e. The van der Waals surface area contributed by atoms with Gasteiger partial charge in [0.25, 0.3) is 5.56 Å². The zero-order chi connectivity index (χ0) is 18.8. The molecular formula is C16H16N4O4S2. The maximum Gasteiger partial charge on any atom is 0.332 e. The molecule has 0 saturated heterocycles. The number of fused-ring (bicyclic) bond motifs is 1. The molecule has 10 heteroatoms. The summed E-state index contributed by atoms with van der Waals surface area (Å²) < 4.78 is 7.25. The summed E-state index contributed by atoms with van der Waals surface area (Å²) in [6.07, 6.45) is 0. The number of thioether (sulfide) groups is 1.